The second-order valence-electron chi connectivity index (χ2n) is 10.2. The van der Waals surface area contributed by atoms with E-state index in [1.807, 2.05) is 66.7 Å². The maximum Gasteiger partial charge on any atom is 0.272 e. The molecule has 7 nitrogen and oxygen atoms in total. The molecule has 0 aliphatic heterocycles. The van der Waals surface area contributed by atoms with E-state index in [2.05, 4.69) is 31.9 Å². The van der Waals surface area contributed by atoms with Crippen molar-refractivity contribution in [3.8, 4) is 5.75 Å². The van der Waals surface area contributed by atoms with Gasteiger partial charge in [0.25, 0.3) is 11.8 Å². The fourth-order valence-electron chi connectivity index (χ4n) is 4.56. The summed E-state index contributed by atoms with van der Waals surface area (Å²) in [7, 11) is 1.52. The third-order valence-electron chi connectivity index (χ3n) is 6.79. The second-order valence-corrected chi connectivity index (χ2v) is 12.7. The van der Waals surface area contributed by atoms with Crippen molar-refractivity contribution >= 4 is 74.5 Å². The molecule has 5 aromatic rings. The highest BCUT2D eigenvalue weighted by Crippen LogP contribution is 2.38. The smallest absolute Gasteiger partial charge is 0.272 e. The number of methoxy groups -OCH3 is 1. The predicted octanol–water partition coefficient (Wildman–Crippen LogP) is 8.99. The van der Waals surface area contributed by atoms with E-state index < -0.39 is 17.1 Å². The van der Waals surface area contributed by atoms with Gasteiger partial charge in [0.2, 0.25) is 5.91 Å². The van der Waals surface area contributed by atoms with Crippen LogP contribution in [-0.4, -0.2) is 24.8 Å². The summed E-state index contributed by atoms with van der Waals surface area (Å²) in [5.74, 6) is -0.726. The van der Waals surface area contributed by atoms with E-state index >= 15 is 0 Å². The Hall–Kier alpha value is -4.83. The number of benzene rings is 5. The first-order valence-electron chi connectivity index (χ1n) is 14.4. The molecule has 0 aliphatic carbocycles. The number of rotatable bonds is 11. The minimum Gasteiger partial charge on any atom is -0.495 e. The van der Waals surface area contributed by atoms with Crippen LogP contribution in [-0.2, 0) is 9.59 Å². The molecule has 0 saturated carbocycles. The van der Waals surface area contributed by atoms with E-state index in [0.717, 1.165) is 20.5 Å². The Morgan fingerprint density at radius 3 is 2.26 bits per heavy atom. The van der Waals surface area contributed by atoms with Crippen LogP contribution in [0.15, 0.2) is 142 Å². The average Bonchev–Trinajstić information content (AvgIpc) is 3.08. The van der Waals surface area contributed by atoms with Gasteiger partial charge >= 0.3 is 0 Å². The Kier molecular flexibility index (Phi) is 11.5. The normalized spacial score (nSPS) is 11.7. The maximum absolute atomic E-state index is 13.7. The highest BCUT2D eigenvalue weighted by atomic mass is 79.9. The largest absolute Gasteiger partial charge is 0.495 e. The van der Waals surface area contributed by atoms with Gasteiger partial charge < -0.3 is 20.7 Å². The highest BCUT2D eigenvalue weighted by molar-refractivity contribution is 9.10. The first kappa shape index (κ1) is 33.5. The molecular weight excluding hydrogens is 698 g/mol. The zero-order chi connectivity index (χ0) is 33.2. The van der Waals surface area contributed by atoms with Crippen molar-refractivity contribution in [2.75, 3.05) is 17.7 Å². The van der Waals surface area contributed by atoms with Gasteiger partial charge in [0, 0.05) is 25.6 Å². The molecule has 0 fully saturated rings. The number of anilines is 2. The average molecular weight is 727 g/mol. The van der Waals surface area contributed by atoms with E-state index in [1.54, 1.807) is 66.7 Å². The van der Waals surface area contributed by atoms with Crippen molar-refractivity contribution < 1.29 is 19.1 Å². The number of nitrogens with one attached hydrogen (secondary N) is 3. The van der Waals surface area contributed by atoms with Crippen molar-refractivity contribution in [1.29, 1.82) is 0 Å². The van der Waals surface area contributed by atoms with Gasteiger partial charge in [0.1, 0.15) is 16.7 Å². The van der Waals surface area contributed by atoms with Crippen LogP contribution in [0.25, 0.3) is 6.08 Å². The summed E-state index contributed by atoms with van der Waals surface area (Å²) in [5, 5.41) is 8.42. The lowest BCUT2D eigenvalue weighted by Crippen LogP contribution is -2.30. The Morgan fingerprint density at radius 1 is 0.809 bits per heavy atom. The molecule has 10 heteroatoms. The Bertz CT molecular complexity index is 1920. The number of carbonyl (C=O) groups is 3. The summed E-state index contributed by atoms with van der Waals surface area (Å²) in [5.41, 5.74) is 2.92. The summed E-state index contributed by atoms with van der Waals surface area (Å²) in [6.07, 6.45) is 1.61. The highest BCUT2D eigenvalue weighted by Gasteiger charge is 2.24. The number of carbonyl (C=O) groups excluding carboxylic acids is 3. The Morgan fingerprint density at radius 2 is 1.53 bits per heavy atom. The first-order valence-corrected chi connectivity index (χ1v) is 16.4. The molecule has 0 spiro atoms. The topological polar surface area (TPSA) is 96.5 Å². The number of thioether (sulfide) groups is 1. The first-order chi connectivity index (χ1) is 22.8. The minimum atomic E-state index is -0.650. The summed E-state index contributed by atoms with van der Waals surface area (Å²) in [6.45, 7) is 0. The van der Waals surface area contributed by atoms with Gasteiger partial charge in [-0.15, -0.1) is 11.8 Å². The summed E-state index contributed by atoms with van der Waals surface area (Å²) < 4.78 is 6.25. The lowest BCUT2D eigenvalue weighted by atomic mass is 10.1. The van der Waals surface area contributed by atoms with Gasteiger partial charge in [0.15, 0.2) is 0 Å². The molecule has 0 saturated heterocycles. The predicted molar refractivity (Wildman–Crippen MR) is 193 cm³/mol. The van der Waals surface area contributed by atoms with Gasteiger partial charge in [0.05, 0.1) is 12.8 Å². The summed E-state index contributed by atoms with van der Waals surface area (Å²) in [6, 6.07) is 37.6. The molecule has 5 aromatic carbocycles. The van der Waals surface area contributed by atoms with Crippen molar-refractivity contribution in [2.45, 2.75) is 10.1 Å². The number of halogens is 2. The molecule has 0 radical (unpaired) electrons. The van der Waals surface area contributed by atoms with Crippen LogP contribution >= 0.6 is 39.3 Å². The van der Waals surface area contributed by atoms with Crippen LogP contribution in [0.4, 0.5) is 11.4 Å². The zero-order valence-corrected chi connectivity index (χ0v) is 28.2. The minimum absolute atomic E-state index is 0.0621. The van der Waals surface area contributed by atoms with Gasteiger partial charge in [-0.05, 0) is 77.9 Å². The van der Waals surface area contributed by atoms with E-state index in [0.29, 0.717) is 27.7 Å². The third kappa shape index (κ3) is 9.36. The molecule has 5 rings (SSSR count). The molecule has 3 N–H and O–H groups in total. The molecule has 1 unspecified atom stereocenters. The SMILES string of the molecule is COc1ccc(Cl)cc1NC(=O)C(Sc1cccc(NC(=O)/C(=C\c2cccc(Br)c2)NC(=O)c2ccccc2)c1)c1ccccc1. The van der Waals surface area contributed by atoms with Crippen molar-refractivity contribution in [1.82, 2.24) is 5.32 Å². The third-order valence-corrected chi connectivity index (χ3v) is 8.77. The Balaban J connectivity index is 1.39. The van der Waals surface area contributed by atoms with Gasteiger partial charge in [-0.1, -0.05) is 94.3 Å². The quantitative estimate of drug-likeness (QED) is 0.0933. The van der Waals surface area contributed by atoms with Crippen molar-refractivity contribution in [2.24, 2.45) is 0 Å². The van der Waals surface area contributed by atoms with Crippen LogP contribution in [0, 0.1) is 0 Å². The van der Waals surface area contributed by atoms with Crippen LogP contribution in [0.3, 0.4) is 0 Å². The van der Waals surface area contributed by atoms with Gasteiger partial charge in [-0.3, -0.25) is 14.4 Å². The number of ether oxygens (including phenoxy) is 1. The number of hydrogen-bond donors (Lipinski definition) is 3. The lowest BCUT2D eigenvalue weighted by molar-refractivity contribution is -0.116. The van der Waals surface area contributed by atoms with Crippen molar-refractivity contribution in [3.63, 3.8) is 0 Å². The fraction of sp³-hybridized carbons (Fsp3) is 0.0541. The molecule has 0 aliphatic rings. The molecule has 0 heterocycles. The van der Waals surface area contributed by atoms with Crippen LogP contribution in [0.2, 0.25) is 5.02 Å². The Labute approximate surface area is 290 Å². The second kappa shape index (κ2) is 16.1. The van der Waals surface area contributed by atoms with Gasteiger partial charge in [-0.25, -0.2) is 0 Å². The van der Waals surface area contributed by atoms with E-state index in [9.17, 15) is 14.4 Å². The summed E-state index contributed by atoms with van der Waals surface area (Å²) in [4.78, 5) is 41.1. The maximum atomic E-state index is 13.7. The standard InChI is InChI=1S/C37H29BrClN3O4S/c1-46-33-19-18-28(39)22-31(33)41-37(45)34(25-11-4-2-5-12-25)47-30-17-9-16-29(23-30)40-36(44)32(21-24-10-8-15-27(38)20-24)42-35(43)26-13-6-3-7-14-26/h2-23,34H,1H3,(H,40,44)(H,41,45)(H,42,43)/b32-21+. The molecule has 1 atom stereocenters. The fourth-order valence-corrected chi connectivity index (χ4v) is 6.24. The molecule has 0 aromatic heterocycles. The molecule has 3 amide bonds. The monoisotopic (exact) mass is 725 g/mol. The molecular formula is C37H29BrClN3O4S. The van der Waals surface area contributed by atoms with E-state index in [4.69, 9.17) is 16.3 Å². The number of hydrogen-bond acceptors (Lipinski definition) is 5. The lowest BCUT2D eigenvalue weighted by Gasteiger charge is -2.19. The van der Waals surface area contributed by atoms with E-state index in [-0.39, 0.29) is 11.6 Å². The summed E-state index contributed by atoms with van der Waals surface area (Å²) >= 11 is 11.0. The molecule has 0 bridgehead atoms. The van der Waals surface area contributed by atoms with Crippen LogP contribution in [0.5, 0.6) is 5.75 Å². The number of amides is 3. The van der Waals surface area contributed by atoms with Gasteiger partial charge in [-0.2, -0.15) is 0 Å². The zero-order valence-electron chi connectivity index (χ0n) is 25.1. The molecule has 47 heavy (non-hydrogen) atoms. The molecule has 236 valence electrons. The van der Waals surface area contributed by atoms with Crippen molar-refractivity contribution in [3.05, 3.63) is 159 Å². The van der Waals surface area contributed by atoms with Crippen LogP contribution < -0.4 is 20.7 Å². The van der Waals surface area contributed by atoms with E-state index in [1.165, 1.54) is 18.9 Å². The van der Waals surface area contributed by atoms with Crippen LogP contribution in [0.1, 0.15) is 26.7 Å².